The Labute approximate surface area is 94.2 Å². The first-order chi connectivity index (χ1) is 7.86. The molecule has 0 aliphatic heterocycles. The van der Waals surface area contributed by atoms with Crippen molar-refractivity contribution in [3.63, 3.8) is 0 Å². The normalized spacial score (nSPS) is 11.1. The summed E-state index contributed by atoms with van der Waals surface area (Å²) in [4.78, 5) is 8.81. The number of hydrogen-bond donors (Lipinski definition) is 1. The Morgan fingerprint density at radius 1 is 1.50 bits per heavy atom. The molecule has 16 heavy (non-hydrogen) atoms. The maximum Gasteiger partial charge on any atom is 0.160 e. The number of rotatable bonds is 5. The number of nitrogens with two attached hydrogens (primary N) is 1. The van der Waals surface area contributed by atoms with Crippen molar-refractivity contribution >= 4 is 11.2 Å². The molecule has 86 valence electrons. The molecule has 0 amide bonds. The van der Waals surface area contributed by atoms with Crippen LogP contribution in [0.3, 0.4) is 0 Å². The summed E-state index contributed by atoms with van der Waals surface area (Å²) in [5.41, 5.74) is 7.20. The van der Waals surface area contributed by atoms with Crippen LogP contribution in [0.4, 0.5) is 0 Å². The van der Waals surface area contributed by atoms with E-state index in [0.29, 0.717) is 19.8 Å². The third-order valence-corrected chi connectivity index (χ3v) is 2.39. The first-order valence-electron chi connectivity index (χ1n) is 5.44. The van der Waals surface area contributed by atoms with Gasteiger partial charge < -0.3 is 15.0 Å². The van der Waals surface area contributed by atoms with Crippen molar-refractivity contribution in [2.75, 3.05) is 13.2 Å². The Bertz CT molecular complexity index is 466. The fourth-order valence-corrected chi connectivity index (χ4v) is 1.69. The number of aryl methyl sites for hydroxylation is 1. The van der Waals surface area contributed by atoms with E-state index in [9.17, 15) is 0 Å². The smallest absolute Gasteiger partial charge is 0.160 e. The van der Waals surface area contributed by atoms with E-state index in [0.717, 1.165) is 23.5 Å². The van der Waals surface area contributed by atoms with Crippen LogP contribution in [0.5, 0.6) is 0 Å². The van der Waals surface area contributed by atoms with E-state index in [2.05, 4.69) is 21.5 Å². The topological polar surface area (TPSA) is 66.0 Å². The maximum atomic E-state index is 5.40. The second-order valence-corrected chi connectivity index (χ2v) is 3.46. The van der Waals surface area contributed by atoms with E-state index in [1.165, 1.54) is 0 Å². The third kappa shape index (κ3) is 2.05. The lowest BCUT2D eigenvalue weighted by Crippen LogP contribution is -2.10. The molecule has 0 aromatic carbocycles. The van der Waals surface area contributed by atoms with Crippen LogP contribution in [-0.2, 0) is 17.9 Å². The highest BCUT2D eigenvalue weighted by atomic mass is 16.5. The molecule has 5 nitrogen and oxygen atoms in total. The van der Waals surface area contributed by atoms with Gasteiger partial charge in [0.15, 0.2) is 5.65 Å². The van der Waals surface area contributed by atoms with Crippen molar-refractivity contribution in [3.8, 4) is 0 Å². The Balaban J connectivity index is 2.29. The van der Waals surface area contributed by atoms with Crippen LogP contribution >= 0.6 is 0 Å². The van der Waals surface area contributed by atoms with Crippen LogP contribution in [0.15, 0.2) is 18.3 Å². The number of nitrogens with zero attached hydrogens (tertiary/aromatic N) is 3. The minimum atomic E-state index is 0.488. The molecule has 0 unspecified atom stereocenters. The van der Waals surface area contributed by atoms with E-state index in [4.69, 9.17) is 10.5 Å². The Morgan fingerprint density at radius 3 is 3.12 bits per heavy atom. The number of imidazole rings is 1. The summed E-state index contributed by atoms with van der Waals surface area (Å²) < 4.78 is 7.47. The zero-order valence-corrected chi connectivity index (χ0v) is 9.39. The number of pyridine rings is 1. The first kappa shape index (κ1) is 11.0. The summed E-state index contributed by atoms with van der Waals surface area (Å²) in [6.45, 7) is 4.49. The molecule has 0 aliphatic rings. The van der Waals surface area contributed by atoms with Crippen molar-refractivity contribution in [1.29, 1.82) is 0 Å². The summed E-state index contributed by atoms with van der Waals surface area (Å²) in [5, 5.41) is 0. The highest BCUT2D eigenvalue weighted by molar-refractivity contribution is 5.71. The van der Waals surface area contributed by atoms with Crippen LogP contribution in [0, 0.1) is 0 Å². The molecular formula is C11H16N4O. The molecule has 0 fully saturated rings. The van der Waals surface area contributed by atoms with Gasteiger partial charge in [0, 0.05) is 19.3 Å². The van der Waals surface area contributed by atoms with Crippen molar-refractivity contribution in [2.45, 2.75) is 20.1 Å². The molecule has 0 radical (unpaired) electrons. The van der Waals surface area contributed by atoms with E-state index in [1.54, 1.807) is 6.20 Å². The van der Waals surface area contributed by atoms with Gasteiger partial charge in [-0.15, -0.1) is 0 Å². The van der Waals surface area contributed by atoms with Gasteiger partial charge in [0.1, 0.15) is 17.9 Å². The predicted octanol–water partition coefficient (Wildman–Crippen LogP) is 0.926. The predicted molar refractivity (Wildman–Crippen MR) is 61.9 cm³/mol. The molecule has 0 atom stereocenters. The van der Waals surface area contributed by atoms with E-state index >= 15 is 0 Å². The standard InChI is InChI=1S/C11H16N4O/c1-2-15-10(8-16-7-5-12)14-9-4-3-6-13-11(9)15/h3-4,6H,2,5,7-8,12H2,1H3. The largest absolute Gasteiger partial charge is 0.372 e. The van der Waals surface area contributed by atoms with Crippen molar-refractivity contribution in [2.24, 2.45) is 5.73 Å². The first-order valence-corrected chi connectivity index (χ1v) is 5.44. The number of fused-ring (bicyclic) bond motifs is 1. The summed E-state index contributed by atoms with van der Waals surface area (Å²) in [5.74, 6) is 0.907. The molecule has 5 heteroatoms. The summed E-state index contributed by atoms with van der Waals surface area (Å²) >= 11 is 0. The Hall–Kier alpha value is -1.46. The lowest BCUT2D eigenvalue weighted by Gasteiger charge is -2.05. The molecule has 2 aromatic heterocycles. The highest BCUT2D eigenvalue weighted by Crippen LogP contribution is 2.13. The lowest BCUT2D eigenvalue weighted by atomic mass is 10.4. The number of ether oxygens (including phenoxy) is 1. The maximum absolute atomic E-state index is 5.40. The fourth-order valence-electron chi connectivity index (χ4n) is 1.69. The second-order valence-electron chi connectivity index (χ2n) is 3.46. The lowest BCUT2D eigenvalue weighted by molar-refractivity contribution is 0.120. The number of aromatic nitrogens is 3. The van der Waals surface area contributed by atoms with Crippen molar-refractivity contribution < 1.29 is 4.74 Å². The molecule has 0 aliphatic carbocycles. The van der Waals surface area contributed by atoms with Gasteiger partial charge in [-0.3, -0.25) is 0 Å². The molecule has 0 bridgehead atoms. The number of hydrogen-bond acceptors (Lipinski definition) is 4. The summed E-state index contributed by atoms with van der Waals surface area (Å²) in [6, 6.07) is 3.85. The van der Waals surface area contributed by atoms with E-state index in [-0.39, 0.29) is 0 Å². The molecule has 0 saturated heterocycles. The van der Waals surface area contributed by atoms with E-state index < -0.39 is 0 Å². The molecule has 2 N–H and O–H groups in total. The molecule has 0 saturated carbocycles. The van der Waals surface area contributed by atoms with Gasteiger partial charge in [0.25, 0.3) is 0 Å². The molecular weight excluding hydrogens is 204 g/mol. The van der Waals surface area contributed by atoms with Gasteiger partial charge in [0.2, 0.25) is 0 Å². The van der Waals surface area contributed by atoms with Gasteiger partial charge in [-0.05, 0) is 19.1 Å². The Morgan fingerprint density at radius 2 is 2.38 bits per heavy atom. The molecule has 2 rings (SSSR count). The average molecular weight is 220 g/mol. The fraction of sp³-hybridized carbons (Fsp3) is 0.455. The molecule has 0 spiro atoms. The van der Waals surface area contributed by atoms with Crippen molar-refractivity contribution in [1.82, 2.24) is 14.5 Å². The zero-order chi connectivity index (χ0) is 11.4. The highest BCUT2D eigenvalue weighted by Gasteiger charge is 2.09. The van der Waals surface area contributed by atoms with Gasteiger partial charge in [-0.1, -0.05) is 0 Å². The SMILES string of the molecule is CCn1c(COCCN)nc2cccnc21. The zero-order valence-electron chi connectivity index (χ0n) is 9.39. The molecule has 2 heterocycles. The van der Waals surface area contributed by atoms with Gasteiger partial charge in [0.05, 0.1) is 6.61 Å². The minimum absolute atomic E-state index is 0.488. The van der Waals surface area contributed by atoms with Gasteiger partial charge in [-0.2, -0.15) is 0 Å². The summed E-state index contributed by atoms with van der Waals surface area (Å²) in [7, 11) is 0. The van der Waals surface area contributed by atoms with Gasteiger partial charge >= 0.3 is 0 Å². The quantitative estimate of drug-likeness (QED) is 0.761. The van der Waals surface area contributed by atoms with Crippen LogP contribution in [-0.4, -0.2) is 27.7 Å². The van der Waals surface area contributed by atoms with Crippen molar-refractivity contribution in [3.05, 3.63) is 24.2 Å². The van der Waals surface area contributed by atoms with Crippen LogP contribution < -0.4 is 5.73 Å². The van der Waals surface area contributed by atoms with E-state index in [1.807, 2.05) is 12.1 Å². The molecule has 2 aromatic rings. The third-order valence-electron chi connectivity index (χ3n) is 2.39. The second kappa shape index (κ2) is 5.05. The Kier molecular flexibility index (Phi) is 3.48. The summed E-state index contributed by atoms with van der Waals surface area (Å²) in [6.07, 6.45) is 1.78. The minimum Gasteiger partial charge on any atom is -0.372 e. The van der Waals surface area contributed by atoms with Gasteiger partial charge in [-0.25, -0.2) is 9.97 Å². The van der Waals surface area contributed by atoms with Crippen LogP contribution in [0.25, 0.3) is 11.2 Å². The average Bonchev–Trinajstić information content (AvgIpc) is 2.67. The monoisotopic (exact) mass is 220 g/mol. The van der Waals surface area contributed by atoms with Crippen LogP contribution in [0.2, 0.25) is 0 Å². The van der Waals surface area contributed by atoms with Crippen LogP contribution in [0.1, 0.15) is 12.7 Å².